The Labute approximate surface area is 247 Å². The van der Waals surface area contributed by atoms with Gasteiger partial charge < -0.3 is 14.5 Å². The maximum atomic E-state index is 13.5. The Balaban J connectivity index is 1.34. The van der Waals surface area contributed by atoms with Gasteiger partial charge in [0.1, 0.15) is 17.3 Å². The summed E-state index contributed by atoms with van der Waals surface area (Å²) >= 11 is 4.61. The summed E-state index contributed by atoms with van der Waals surface area (Å²) in [5.74, 6) is -0.0646. The molecule has 1 aliphatic rings. The van der Waals surface area contributed by atoms with Gasteiger partial charge in [-0.05, 0) is 78.0 Å². The topological polar surface area (TPSA) is 96.5 Å². The van der Waals surface area contributed by atoms with Crippen LogP contribution in [0.1, 0.15) is 16.9 Å². The molecule has 1 saturated heterocycles. The smallest absolute Gasteiger partial charge is 0.267 e. The van der Waals surface area contributed by atoms with E-state index in [4.69, 9.17) is 9.15 Å². The fourth-order valence-corrected chi connectivity index (χ4v) is 5.10. The second kappa shape index (κ2) is 13.2. The van der Waals surface area contributed by atoms with E-state index in [9.17, 15) is 14.0 Å². The molecule has 5 rings (SSSR count). The van der Waals surface area contributed by atoms with Crippen molar-refractivity contribution in [3.63, 3.8) is 0 Å². The molecule has 0 bridgehead atoms. The number of hydrogen-bond acceptors (Lipinski definition) is 7. The zero-order valence-corrected chi connectivity index (χ0v) is 23.8. The Kier molecular flexibility index (Phi) is 9.07. The van der Waals surface area contributed by atoms with E-state index in [0.717, 1.165) is 10.0 Å². The summed E-state index contributed by atoms with van der Waals surface area (Å²) in [6.45, 7) is -0.0938. The van der Waals surface area contributed by atoms with Gasteiger partial charge in [0.25, 0.3) is 11.8 Å². The van der Waals surface area contributed by atoms with Gasteiger partial charge in [-0.3, -0.25) is 14.5 Å². The van der Waals surface area contributed by atoms with Crippen LogP contribution in [-0.4, -0.2) is 34.7 Å². The Hall–Kier alpha value is -4.48. The summed E-state index contributed by atoms with van der Waals surface area (Å²) in [7, 11) is 0. The Morgan fingerprint density at radius 3 is 2.68 bits per heavy atom. The first-order valence-electron chi connectivity index (χ1n) is 12.3. The Morgan fingerprint density at radius 1 is 1.07 bits per heavy atom. The van der Waals surface area contributed by atoms with E-state index in [0.29, 0.717) is 32.8 Å². The van der Waals surface area contributed by atoms with Crippen molar-refractivity contribution >= 4 is 62.7 Å². The average Bonchev–Trinajstić information content (AvgIpc) is 3.58. The lowest BCUT2D eigenvalue weighted by Crippen LogP contribution is -2.28. The molecule has 0 unspecified atom stereocenters. The van der Waals surface area contributed by atoms with Crippen molar-refractivity contribution in [3.8, 4) is 5.75 Å². The summed E-state index contributed by atoms with van der Waals surface area (Å²) in [4.78, 5) is 27.7. The number of rotatable bonds is 9. The quantitative estimate of drug-likeness (QED) is 0.126. The van der Waals surface area contributed by atoms with E-state index in [1.165, 1.54) is 40.9 Å². The number of carbonyl (C=O) groups excluding carboxylic acids is 2. The largest absolute Gasteiger partial charge is 0.483 e. The maximum Gasteiger partial charge on any atom is 0.267 e. The second-order valence-electron chi connectivity index (χ2n) is 8.65. The Morgan fingerprint density at radius 2 is 1.90 bits per heavy atom. The minimum absolute atomic E-state index is 0.184. The molecule has 1 fully saturated rings. The molecule has 0 spiro atoms. The second-order valence-corrected chi connectivity index (χ2v) is 10.6. The minimum Gasteiger partial charge on any atom is -0.483 e. The van der Waals surface area contributed by atoms with Crippen molar-refractivity contribution < 1.29 is 23.1 Å². The van der Waals surface area contributed by atoms with E-state index >= 15 is 0 Å². The number of anilines is 1. The predicted octanol–water partition coefficient (Wildman–Crippen LogP) is 6.71. The molecule has 2 amide bonds. The number of nitrogens with one attached hydrogen (secondary N) is 1. The highest BCUT2D eigenvalue weighted by Crippen LogP contribution is 2.35. The average molecular weight is 633 g/mol. The number of thioether (sulfide) groups is 1. The van der Waals surface area contributed by atoms with Gasteiger partial charge in [0.05, 0.1) is 23.9 Å². The zero-order valence-electron chi connectivity index (χ0n) is 21.4. The van der Waals surface area contributed by atoms with Gasteiger partial charge in [-0.25, -0.2) is 4.39 Å². The minimum atomic E-state index is -0.410. The maximum absolute atomic E-state index is 13.5. The molecule has 3 aromatic carbocycles. The van der Waals surface area contributed by atoms with E-state index in [-0.39, 0.29) is 19.1 Å². The molecule has 0 atom stereocenters. The lowest BCUT2D eigenvalue weighted by Gasteiger charge is -2.12. The molecule has 206 valence electrons. The molecule has 0 saturated carbocycles. The summed E-state index contributed by atoms with van der Waals surface area (Å²) in [5, 5.41) is 11.6. The summed E-state index contributed by atoms with van der Waals surface area (Å²) in [6.07, 6.45) is 4.84. The highest BCUT2D eigenvalue weighted by molar-refractivity contribution is 9.10. The zero-order chi connectivity index (χ0) is 28.6. The van der Waals surface area contributed by atoms with Crippen LogP contribution >= 0.6 is 27.7 Å². The number of benzene rings is 3. The molecule has 1 aromatic heterocycles. The van der Waals surface area contributed by atoms with E-state index in [1.54, 1.807) is 55.0 Å². The van der Waals surface area contributed by atoms with Crippen molar-refractivity contribution in [2.45, 2.75) is 6.54 Å². The third-order valence-electron chi connectivity index (χ3n) is 5.67. The van der Waals surface area contributed by atoms with Gasteiger partial charge in [0, 0.05) is 15.7 Å². The summed E-state index contributed by atoms with van der Waals surface area (Å²) in [6, 6.07) is 23.6. The van der Waals surface area contributed by atoms with Gasteiger partial charge in [-0.2, -0.15) is 5.10 Å². The van der Waals surface area contributed by atoms with E-state index < -0.39 is 11.7 Å². The van der Waals surface area contributed by atoms with Crippen LogP contribution in [0.15, 0.2) is 115 Å². The standard InChI is InChI=1S/C30H22BrFN4O4S/c31-22-7-3-5-20(15-22)17-33-35-30-36(18-25-8-4-14-39-25)29(38)27(41-30)16-21-6-1-2-9-26(21)40-19-28(37)34-24-12-10-23(32)11-13-24/h1-17H,18-19H2,(H,34,37)/b27-16-,33-17-,35-30+. The Bertz CT molecular complexity index is 1640. The molecule has 8 nitrogen and oxygen atoms in total. The normalized spacial score (nSPS) is 15.3. The molecular weight excluding hydrogens is 611 g/mol. The number of hydrogen-bond donors (Lipinski definition) is 1. The van der Waals surface area contributed by atoms with Crippen LogP contribution in [-0.2, 0) is 16.1 Å². The van der Waals surface area contributed by atoms with Crippen LogP contribution < -0.4 is 10.1 Å². The van der Waals surface area contributed by atoms with Crippen LogP contribution in [0.5, 0.6) is 5.75 Å². The van der Waals surface area contributed by atoms with Gasteiger partial charge in [0.15, 0.2) is 11.8 Å². The molecule has 1 aliphatic heterocycles. The van der Waals surface area contributed by atoms with Gasteiger partial charge in [-0.1, -0.05) is 46.3 Å². The molecule has 11 heteroatoms. The lowest BCUT2D eigenvalue weighted by molar-refractivity contribution is -0.122. The molecular formula is C30H22BrFN4O4S. The molecule has 2 heterocycles. The summed E-state index contributed by atoms with van der Waals surface area (Å²) in [5.41, 5.74) is 1.91. The molecule has 0 aliphatic carbocycles. The molecule has 1 N–H and O–H groups in total. The number of halogens is 2. The van der Waals surface area contributed by atoms with Crippen molar-refractivity contribution in [2.24, 2.45) is 10.2 Å². The first-order chi connectivity index (χ1) is 19.9. The molecule has 41 heavy (non-hydrogen) atoms. The van der Waals surface area contributed by atoms with Gasteiger partial charge in [-0.15, -0.1) is 5.10 Å². The van der Waals surface area contributed by atoms with Gasteiger partial charge >= 0.3 is 0 Å². The number of carbonyl (C=O) groups is 2. The van der Waals surface area contributed by atoms with Crippen LogP contribution in [0, 0.1) is 5.82 Å². The van der Waals surface area contributed by atoms with Crippen LogP contribution in [0.2, 0.25) is 0 Å². The molecule has 0 radical (unpaired) electrons. The van der Waals surface area contributed by atoms with Crippen molar-refractivity contribution in [1.82, 2.24) is 4.90 Å². The first kappa shape index (κ1) is 28.1. The van der Waals surface area contributed by atoms with Crippen molar-refractivity contribution in [3.05, 3.63) is 123 Å². The van der Waals surface area contributed by atoms with Crippen LogP contribution in [0.25, 0.3) is 6.08 Å². The number of para-hydroxylation sites is 1. The number of amides is 2. The third kappa shape index (κ3) is 7.59. The lowest BCUT2D eigenvalue weighted by atomic mass is 10.2. The number of ether oxygens (including phenoxy) is 1. The van der Waals surface area contributed by atoms with Crippen molar-refractivity contribution in [1.29, 1.82) is 0 Å². The number of amidine groups is 1. The van der Waals surface area contributed by atoms with Crippen molar-refractivity contribution in [2.75, 3.05) is 11.9 Å². The molecule has 4 aromatic rings. The number of nitrogens with zero attached hydrogens (tertiary/aromatic N) is 3. The monoisotopic (exact) mass is 632 g/mol. The number of furan rings is 1. The summed E-state index contributed by atoms with van der Waals surface area (Å²) < 4.78 is 25.3. The predicted molar refractivity (Wildman–Crippen MR) is 161 cm³/mol. The van der Waals surface area contributed by atoms with Gasteiger partial charge in [0.2, 0.25) is 0 Å². The van der Waals surface area contributed by atoms with Crippen LogP contribution in [0.3, 0.4) is 0 Å². The van der Waals surface area contributed by atoms with Crippen LogP contribution in [0.4, 0.5) is 10.1 Å². The fourth-order valence-electron chi connectivity index (χ4n) is 3.76. The fraction of sp³-hybridized carbons (Fsp3) is 0.0667. The highest BCUT2D eigenvalue weighted by Gasteiger charge is 2.34. The van der Waals surface area contributed by atoms with E-state index in [2.05, 4.69) is 31.4 Å². The first-order valence-corrected chi connectivity index (χ1v) is 13.9. The third-order valence-corrected chi connectivity index (χ3v) is 7.16. The SMILES string of the molecule is O=C(COc1ccccc1/C=C1\S/C(=N/N=C\c2cccc(Br)c2)N(Cc2ccco2)C1=O)Nc1ccc(F)cc1. The highest BCUT2D eigenvalue weighted by atomic mass is 79.9. The van der Waals surface area contributed by atoms with E-state index in [1.807, 2.05) is 24.3 Å².